The predicted octanol–water partition coefficient (Wildman–Crippen LogP) is 3.01. The molecule has 0 unspecified atom stereocenters. The van der Waals surface area contributed by atoms with E-state index in [0.29, 0.717) is 6.54 Å². The van der Waals surface area contributed by atoms with E-state index in [1.165, 1.54) is 12.1 Å². The summed E-state index contributed by atoms with van der Waals surface area (Å²) in [5.74, 6) is 0.431. The van der Waals surface area contributed by atoms with Crippen LogP contribution in [0.5, 0.6) is 0 Å². The summed E-state index contributed by atoms with van der Waals surface area (Å²) in [4.78, 5) is 15.3. The van der Waals surface area contributed by atoms with E-state index in [4.69, 9.17) is 5.73 Å². The van der Waals surface area contributed by atoms with Gasteiger partial charge in [-0.15, -0.1) is 11.3 Å². The summed E-state index contributed by atoms with van der Waals surface area (Å²) in [6.45, 7) is 0.466. The fourth-order valence-corrected chi connectivity index (χ4v) is 2.75. The fourth-order valence-electron chi connectivity index (χ4n) is 1.36. The zero-order valence-corrected chi connectivity index (χ0v) is 11.5. The first-order valence-electron chi connectivity index (χ1n) is 4.94. The summed E-state index contributed by atoms with van der Waals surface area (Å²) in [6, 6.07) is 4.69. The summed E-state index contributed by atoms with van der Waals surface area (Å²) >= 11 is 4.90. The first kappa shape index (κ1) is 12.8. The Morgan fingerprint density at radius 3 is 2.94 bits per heavy atom. The standard InChI is InChI=1S/C10H9BrN4O2S/c11-6-3-7(18-5-6)4-13-10-8(15(16)17)1-2-9(12)14-10/h1-3,5H,4H2,(H3,12,13,14). The number of nitrogens with zero attached hydrogens (tertiary/aromatic N) is 2. The van der Waals surface area contributed by atoms with E-state index in [1.807, 2.05) is 11.4 Å². The van der Waals surface area contributed by atoms with Crippen molar-refractivity contribution in [1.82, 2.24) is 4.98 Å². The number of rotatable bonds is 4. The molecule has 0 spiro atoms. The zero-order valence-electron chi connectivity index (χ0n) is 9.09. The number of halogens is 1. The van der Waals surface area contributed by atoms with Gasteiger partial charge in [0.05, 0.1) is 11.5 Å². The van der Waals surface area contributed by atoms with Crippen molar-refractivity contribution in [2.75, 3.05) is 11.1 Å². The number of pyridine rings is 1. The van der Waals surface area contributed by atoms with Crippen molar-refractivity contribution in [2.24, 2.45) is 0 Å². The van der Waals surface area contributed by atoms with Crippen LogP contribution in [0.4, 0.5) is 17.3 Å². The van der Waals surface area contributed by atoms with Crippen LogP contribution in [0.2, 0.25) is 0 Å². The summed E-state index contributed by atoms with van der Waals surface area (Å²) in [6.07, 6.45) is 0. The number of hydrogen-bond donors (Lipinski definition) is 2. The van der Waals surface area contributed by atoms with Gasteiger partial charge >= 0.3 is 5.69 Å². The molecule has 0 saturated carbocycles. The Balaban J connectivity index is 2.17. The average Bonchev–Trinajstić information content (AvgIpc) is 2.72. The van der Waals surface area contributed by atoms with Gasteiger partial charge in [0.1, 0.15) is 5.82 Å². The van der Waals surface area contributed by atoms with Gasteiger partial charge in [0, 0.05) is 20.8 Å². The number of nitrogens with one attached hydrogen (secondary N) is 1. The molecule has 0 aliphatic carbocycles. The molecule has 0 bridgehead atoms. The highest BCUT2D eigenvalue weighted by atomic mass is 79.9. The van der Waals surface area contributed by atoms with E-state index in [1.54, 1.807) is 11.3 Å². The van der Waals surface area contributed by atoms with Crippen LogP contribution >= 0.6 is 27.3 Å². The maximum atomic E-state index is 10.8. The van der Waals surface area contributed by atoms with Crippen molar-refractivity contribution in [3.63, 3.8) is 0 Å². The monoisotopic (exact) mass is 328 g/mol. The van der Waals surface area contributed by atoms with Crippen LogP contribution in [-0.4, -0.2) is 9.91 Å². The normalized spacial score (nSPS) is 10.3. The molecular formula is C10H9BrN4O2S. The molecule has 0 amide bonds. The Labute approximate surface area is 115 Å². The highest BCUT2D eigenvalue weighted by molar-refractivity contribution is 9.10. The van der Waals surface area contributed by atoms with Crippen molar-refractivity contribution in [1.29, 1.82) is 0 Å². The van der Waals surface area contributed by atoms with Gasteiger partial charge in [0.2, 0.25) is 5.82 Å². The zero-order chi connectivity index (χ0) is 13.1. The fraction of sp³-hybridized carbons (Fsp3) is 0.100. The molecular weight excluding hydrogens is 320 g/mol. The molecule has 8 heteroatoms. The third-order valence-corrected chi connectivity index (χ3v) is 3.84. The largest absolute Gasteiger partial charge is 0.384 e. The van der Waals surface area contributed by atoms with Crippen LogP contribution < -0.4 is 11.1 Å². The molecule has 3 N–H and O–H groups in total. The van der Waals surface area contributed by atoms with Crippen LogP contribution in [0.1, 0.15) is 4.88 Å². The number of nitrogens with two attached hydrogens (primary N) is 1. The second kappa shape index (κ2) is 5.32. The Morgan fingerprint density at radius 1 is 1.56 bits per heavy atom. The minimum atomic E-state index is -0.487. The number of nitrogen functional groups attached to an aromatic ring is 1. The lowest BCUT2D eigenvalue weighted by molar-refractivity contribution is -0.384. The summed E-state index contributed by atoms with van der Waals surface area (Å²) in [7, 11) is 0. The Hall–Kier alpha value is -1.67. The van der Waals surface area contributed by atoms with E-state index in [0.717, 1.165) is 9.35 Å². The first-order valence-corrected chi connectivity index (χ1v) is 6.61. The molecule has 6 nitrogen and oxygen atoms in total. The molecule has 2 aromatic heterocycles. The molecule has 0 aliphatic rings. The predicted molar refractivity (Wildman–Crippen MR) is 74.6 cm³/mol. The topological polar surface area (TPSA) is 94.1 Å². The molecule has 94 valence electrons. The maximum Gasteiger partial charge on any atom is 0.311 e. The van der Waals surface area contributed by atoms with Crippen LogP contribution in [-0.2, 0) is 6.54 Å². The molecule has 0 radical (unpaired) electrons. The lowest BCUT2D eigenvalue weighted by atomic mass is 10.3. The molecule has 0 saturated heterocycles. The van der Waals surface area contributed by atoms with E-state index in [9.17, 15) is 10.1 Å². The van der Waals surface area contributed by atoms with Crippen molar-refractivity contribution in [2.45, 2.75) is 6.54 Å². The Morgan fingerprint density at radius 2 is 2.33 bits per heavy atom. The molecule has 2 rings (SSSR count). The van der Waals surface area contributed by atoms with E-state index in [2.05, 4.69) is 26.2 Å². The molecule has 0 aliphatic heterocycles. The average molecular weight is 329 g/mol. The molecule has 18 heavy (non-hydrogen) atoms. The number of thiophene rings is 1. The highest BCUT2D eigenvalue weighted by Crippen LogP contribution is 2.25. The lowest BCUT2D eigenvalue weighted by Gasteiger charge is -2.05. The molecule has 2 aromatic rings. The van der Waals surface area contributed by atoms with Crippen LogP contribution in [0.3, 0.4) is 0 Å². The van der Waals surface area contributed by atoms with E-state index >= 15 is 0 Å². The van der Waals surface area contributed by atoms with E-state index < -0.39 is 4.92 Å². The van der Waals surface area contributed by atoms with Crippen LogP contribution in [0, 0.1) is 10.1 Å². The minimum Gasteiger partial charge on any atom is -0.384 e. The first-order chi connectivity index (χ1) is 8.56. The van der Waals surface area contributed by atoms with Gasteiger partial charge in [0.25, 0.3) is 0 Å². The molecule has 2 heterocycles. The Kier molecular flexibility index (Phi) is 3.78. The summed E-state index contributed by atoms with van der Waals surface area (Å²) in [5.41, 5.74) is 5.44. The molecule has 0 atom stereocenters. The third-order valence-electron chi connectivity index (χ3n) is 2.14. The summed E-state index contributed by atoms with van der Waals surface area (Å²) < 4.78 is 0.985. The van der Waals surface area contributed by atoms with Crippen molar-refractivity contribution < 1.29 is 4.92 Å². The SMILES string of the molecule is Nc1ccc([N+](=O)[O-])c(NCc2cc(Br)cs2)n1. The van der Waals surface area contributed by atoms with Gasteiger partial charge < -0.3 is 11.1 Å². The quantitative estimate of drug-likeness (QED) is 0.664. The maximum absolute atomic E-state index is 10.8. The number of aromatic nitrogens is 1. The minimum absolute atomic E-state index is 0.0835. The summed E-state index contributed by atoms with van der Waals surface area (Å²) in [5, 5.41) is 15.7. The number of nitro groups is 1. The molecule has 0 aromatic carbocycles. The van der Waals surface area contributed by atoms with Gasteiger partial charge in [-0.25, -0.2) is 4.98 Å². The second-order valence-electron chi connectivity index (χ2n) is 3.45. The van der Waals surface area contributed by atoms with Crippen LogP contribution in [0.15, 0.2) is 28.1 Å². The van der Waals surface area contributed by atoms with Gasteiger partial charge in [0.15, 0.2) is 0 Å². The molecule has 0 fully saturated rings. The van der Waals surface area contributed by atoms with Crippen molar-refractivity contribution in [3.05, 3.63) is 43.0 Å². The number of anilines is 2. The van der Waals surface area contributed by atoms with Crippen molar-refractivity contribution >= 4 is 44.6 Å². The van der Waals surface area contributed by atoms with Crippen LogP contribution in [0.25, 0.3) is 0 Å². The van der Waals surface area contributed by atoms with E-state index in [-0.39, 0.29) is 17.3 Å². The highest BCUT2D eigenvalue weighted by Gasteiger charge is 2.15. The second-order valence-corrected chi connectivity index (χ2v) is 5.36. The lowest BCUT2D eigenvalue weighted by Crippen LogP contribution is -2.05. The van der Waals surface area contributed by atoms with Gasteiger partial charge in [-0.3, -0.25) is 10.1 Å². The van der Waals surface area contributed by atoms with Crippen molar-refractivity contribution in [3.8, 4) is 0 Å². The van der Waals surface area contributed by atoms with Gasteiger partial charge in [-0.1, -0.05) is 0 Å². The third kappa shape index (κ3) is 2.96. The smallest absolute Gasteiger partial charge is 0.311 e. The van der Waals surface area contributed by atoms with Gasteiger partial charge in [-0.2, -0.15) is 0 Å². The number of hydrogen-bond acceptors (Lipinski definition) is 6. The van der Waals surface area contributed by atoms with Gasteiger partial charge in [-0.05, 0) is 28.1 Å². The Bertz CT molecular complexity index is 587.